The average Bonchev–Trinajstić information content (AvgIpc) is 2.90. The monoisotopic (exact) mass is 475 g/mol. The van der Waals surface area contributed by atoms with Crippen LogP contribution in [0.4, 0.5) is 0 Å². The van der Waals surface area contributed by atoms with Gasteiger partial charge in [0, 0.05) is 11.5 Å². The third kappa shape index (κ3) is 6.54. The van der Waals surface area contributed by atoms with Crippen LogP contribution in [0.2, 0.25) is 0 Å². The Labute approximate surface area is 210 Å². The van der Waals surface area contributed by atoms with E-state index in [9.17, 15) is 9.59 Å². The third-order valence-corrected chi connectivity index (χ3v) is 8.30. The molecule has 35 heavy (non-hydrogen) atoms. The molecule has 1 amide bonds. The summed E-state index contributed by atoms with van der Waals surface area (Å²) in [5, 5.41) is 0. The Kier molecular flexibility index (Phi) is 9.01. The van der Waals surface area contributed by atoms with Crippen molar-refractivity contribution >= 4 is 11.9 Å². The van der Waals surface area contributed by atoms with Gasteiger partial charge < -0.3 is 10.5 Å². The molecular formula is C31H41NO3. The van der Waals surface area contributed by atoms with Crippen LogP contribution in [-0.4, -0.2) is 11.9 Å². The van der Waals surface area contributed by atoms with Crippen molar-refractivity contribution in [3.05, 3.63) is 54.1 Å². The summed E-state index contributed by atoms with van der Waals surface area (Å²) < 4.78 is 6.27. The number of hydrogen-bond donors (Lipinski definition) is 1. The van der Waals surface area contributed by atoms with Crippen molar-refractivity contribution in [2.75, 3.05) is 0 Å². The van der Waals surface area contributed by atoms with Gasteiger partial charge in [0.05, 0.1) is 5.92 Å². The van der Waals surface area contributed by atoms with Crippen LogP contribution in [-0.2, 0) is 9.59 Å². The van der Waals surface area contributed by atoms with E-state index in [4.69, 9.17) is 10.5 Å². The predicted molar refractivity (Wildman–Crippen MR) is 141 cm³/mol. The van der Waals surface area contributed by atoms with Gasteiger partial charge >= 0.3 is 5.97 Å². The van der Waals surface area contributed by atoms with Crippen LogP contribution in [0.3, 0.4) is 0 Å². The van der Waals surface area contributed by atoms with Crippen LogP contribution in [0, 0.1) is 17.8 Å². The lowest BCUT2D eigenvalue weighted by molar-refractivity contribution is -0.141. The molecule has 0 unspecified atom stereocenters. The Morgan fingerprint density at radius 2 is 1.51 bits per heavy atom. The maximum atomic E-state index is 13.3. The maximum Gasteiger partial charge on any atom is 0.314 e. The SMILES string of the molecule is CCCCCC1CCC(c2cccc(-c3ccccc3)c2OC(=O)C2CCC(C(N)=O)CC2)CC1. The number of primary amides is 1. The minimum atomic E-state index is -0.251. The molecule has 4 heteroatoms. The fraction of sp³-hybridized carbons (Fsp3) is 0.548. The Morgan fingerprint density at radius 3 is 2.17 bits per heavy atom. The van der Waals surface area contributed by atoms with E-state index in [1.54, 1.807) is 0 Å². The highest BCUT2D eigenvalue weighted by molar-refractivity contribution is 5.82. The van der Waals surface area contributed by atoms with Crippen molar-refractivity contribution in [1.29, 1.82) is 0 Å². The molecule has 0 radical (unpaired) electrons. The Balaban J connectivity index is 1.53. The second-order valence-corrected chi connectivity index (χ2v) is 10.7. The number of carbonyl (C=O) groups excluding carboxylic acids is 2. The van der Waals surface area contributed by atoms with Gasteiger partial charge in [0.15, 0.2) is 0 Å². The van der Waals surface area contributed by atoms with E-state index in [1.807, 2.05) is 18.2 Å². The average molecular weight is 476 g/mol. The van der Waals surface area contributed by atoms with Gasteiger partial charge in [-0.05, 0) is 74.3 Å². The Morgan fingerprint density at radius 1 is 0.829 bits per heavy atom. The van der Waals surface area contributed by atoms with E-state index in [0.717, 1.165) is 35.6 Å². The van der Waals surface area contributed by atoms with E-state index >= 15 is 0 Å². The fourth-order valence-electron chi connectivity index (χ4n) is 6.08. The summed E-state index contributed by atoms with van der Waals surface area (Å²) in [5.41, 5.74) is 8.73. The summed E-state index contributed by atoms with van der Waals surface area (Å²) in [5.74, 6) is 1.31. The topological polar surface area (TPSA) is 69.4 Å². The second-order valence-electron chi connectivity index (χ2n) is 10.7. The van der Waals surface area contributed by atoms with Gasteiger partial charge in [0.1, 0.15) is 5.75 Å². The lowest BCUT2D eigenvalue weighted by Crippen LogP contribution is -2.31. The quantitative estimate of drug-likeness (QED) is 0.233. The van der Waals surface area contributed by atoms with E-state index < -0.39 is 0 Å². The van der Waals surface area contributed by atoms with Crippen LogP contribution in [0.5, 0.6) is 5.75 Å². The molecule has 2 aliphatic rings. The van der Waals surface area contributed by atoms with Crippen molar-refractivity contribution in [3.63, 3.8) is 0 Å². The van der Waals surface area contributed by atoms with Crippen LogP contribution >= 0.6 is 0 Å². The van der Waals surface area contributed by atoms with Crippen molar-refractivity contribution in [1.82, 2.24) is 0 Å². The molecule has 0 saturated heterocycles. The van der Waals surface area contributed by atoms with Crippen LogP contribution in [0.15, 0.2) is 48.5 Å². The van der Waals surface area contributed by atoms with Crippen molar-refractivity contribution in [2.45, 2.75) is 89.9 Å². The summed E-state index contributed by atoms with van der Waals surface area (Å²) in [6, 6.07) is 16.6. The molecule has 2 fully saturated rings. The number of esters is 1. The van der Waals surface area contributed by atoms with Gasteiger partial charge in [-0.25, -0.2) is 0 Å². The number of benzene rings is 2. The first-order valence-electron chi connectivity index (χ1n) is 13.8. The predicted octanol–water partition coefficient (Wildman–Crippen LogP) is 7.40. The molecule has 2 aliphatic carbocycles. The summed E-state index contributed by atoms with van der Waals surface area (Å²) >= 11 is 0. The van der Waals surface area contributed by atoms with Crippen molar-refractivity contribution < 1.29 is 14.3 Å². The number of amides is 1. The van der Waals surface area contributed by atoms with Crippen molar-refractivity contribution in [2.24, 2.45) is 23.5 Å². The normalized spacial score (nSPS) is 24.6. The molecule has 2 saturated carbocycles. The molecule has 2 N–H and O–H groups in total. The first kappa shape index (κ1) is 25.5. The highest BCUT2D eigenvalue weighted by atomic mass is 16.5. The molecule has 0 atom stereocenters. The highest BCUT2D eigenvalue weighted by Crippen LogP contribution is 2.45. The van der Waals surface area contributed by atoms with Gasteiger partial charge in [-0.2, -0.15) is 0 Å². The molecule has 0 aliphatic heterocycles. The maximum absolute atomic E-state index is 13.3. The number of ether oxygens (including phenoxy) is 1. The zero-order valence-electron chi connectivity index (χ0n) is 21.2. The van der Waals surface area contributed by atoms with Gasteiger partial charge in [-0.15, -0.1) is 0 Å². The zero-order chi connectivity index (χ0) is 24.6. The second kappa shape index (κ2) is 12.4. The zero-order valence-corrected chi connectivity index (χ0v) is 21.2. The largest absolute Gasteiger partial charge is 0.425 e. The molecular weight excluding hydrogens is 434 g/mol. The summed E-state index contributed by atoms with van der Waals surface area (Å²) in [7, 11) is 0. The first-order chi connectivity index (χ1) is 17.1. The van der Waals surface area contributed by atoms with Gasteiger partial charge in [-0.1, -0.05) is 81.1 Å². The van der Waals surface area contributed by atoms with Crippen molar-refractivity contribution in [3.8, 4) is 16.9 Å². The molecule has 2 aromatic rings. The lowest BCUT2D eigenvalue weighted by Gasteiger charge is -2.31. The van der Waals surface area contributed by atoms with Crippen LogP contribution < -0.4 is 10.5 Å². The summed E-state index contributed by atoms with van der Waals surface area (Å²) in [6.45, 7) is 2.27. The Hall–Kier alpha value is -2.62. The van der Waals surface area contributed by atoms with Crippen LogP contribution in [0.25, 0.3) is 11.1 Å². The third-order valence-electron chi connectivity index (χ3n) is 8.30. The lowest BCUT2D eigenvalue weighted by atomic mass is 9.76. The fourth-order valence-corrected chi connectivity index (χ4v) is 6.08. The van der Waals surface area contributed by atoms with E-state index in [-0.39, 0.29) is 23.7 Å². The number of carbonyl (C=O) groups is 2. The number of rotatable bonds is 9. The first-order valence-corrected chi connectivity index (χ1v) is 13.8. The minimum absolute atomic E-state index is 0.112. The van der Waals surface area contributed by atoms with Gasteiger partial charge in [0.25, 0.3) is 0 Å². The summed E-state index contributed by atoms with van der Waals surface area (Å²) in [6.07, 6.45) is 12.8. The number of para-hydroxylation sites is 1. The molecule has 4 nitrogen and oxygen atoms in total. The van der Waals surface area contributed by atoms with E-state index in [1.165, 1.54) is 44.1 Å². The van der Waals surface area contributed by atoms with Gasteiger partial charge in [0.2, 0.25) is 5.91 Å². The highest BCUT2D eigenvalue weighted by Gasteiger charge is 2.32. The molecule has 0 aromatic heterocycles. The smallest absolute Gasteiger partial charge is 0.314 e. The molecule has 0 bridgehead atoms. The Bertz CT molecular complexity index is 970. The minimum Gasteiger partial charge on any atom is -0.425 e. The number of hydrogen-bond acceptors (Lipinski definition) is 3. The molecule has 0 heterocycles. The van der Waals surface area contributed by atoms with E-state index in [0.29, 0.717) is 31.6 Å². The molecule has 0 spiro atoms. The standard InChI is InChI=1S/C31H41NO3/c1-2-3-5-9-22-14-16-24(17-15-22)28-13-8-12-27(23-10-6-4-7-11-23)29(28)35-31(34)26-20-18-25(19-21-26)30(32)33/h4,6-8,10-13,22,24-26H,2-3,5,9,14-21H2,1H3,(H2,32,33). The molecule has 2 aromatic carbocycles. The van der Waals surface area contributed by atoms with Crippen LogP contribution in [0.1, 0.15) is 95.5 Å². The number of nitrogens with two attached hydrogens (primary N) is 1. The number of unbranched alkanes of at least 4 members (excludes halogenated alkanes) is 2. The summed E-state index contributed by atoms with van der Waals surface area (Å²) in [4.78, 5) is 24.9. The molecule has 4 rings (SSSR count). The van der Waals surface area contributed by atoms with Gasteiger partial charge in [-0.3, -0.25) is 9.59 Å². The van der Waals surface area contributed by atoms with E-state index in [2.05, 4.69) is 37.3 Å². The molecule has 188 valence electrons.